The molecule has 0 saturated carbocycles. The molecule has 14 aromatic carbocycles. The lowest BCUT2D eigenvalue weighted by atomic mass is 10.4. The summed E-state index contributed by atoms with van der Waals surface area (Å²) in [5.41, 5.74) is 0. The minimum absolute atomic E-state index is 0. The Morgan fingerprint density at radius 1 is 0.232 bits per heavy atom. The van der Waals surface area contributed by atoms with Gasteiger partial charge in [-0.25, -0.2) is 0 Å². The van der Waals surface area contributed by atoms with E-state index < -0.39 is 43.8 Å². The quantitative estimate of drug-likeness (QED) is 0.0681. The largest absolute Gasteiger partial charge is 1.00 e. The molecule has 0 radical (unpaired) electrons. The number of hydrogen-bond donors (Lipinski definition) is 0. The van der Waals surface area contributed by atoms with Gasteiger partial charge in [0.2, 0.25) is 0 Å². The van der Waals surface area contributed by atoms with Crippen molar-refractivity contribution in [1.82, 2.24) is 4.17 Å². The van der Waals surface area contributed by atoms with Crippen LogP contribution in [0.4, 0.5) is 0 Å². The topological polar surface area (TPSA) is 26.5 Å². The Morgan fingerprint density at radius 3 is 0.663 bits per heavy atom. The Morgan fingerprint density at radius 2 is 0.421 bits per heavy atom. The van der Waals surface area contributed by atoms with Gasteiger partial charge in [0.1, 0.15) is 0 Å². The molecule has 0 bridgehead atoms. The molecule has 10 heteroatoms. The molecule has 0 amide bonds. The average Bonchev–Trinajstić information content (AvgIpc) is 0.718. The van der Waals surface area contributed by atoms with Crippen molar-refractivity contribution >= 4 is 129 Å². The highest BCUT2D eigenvalue weighted by atomic mass is 35.7. The first-order chi connectivity index (χ1) is 46.1. The van der Waals surface area contributed by atoms with Crippen molar-refractivity contribution in [2.45, 2.75) is 7.43 Å². The van der Waals surface area contributed by atoms with E-state index in [0.717, 1.165) is 0 Å². The van der Waals surface area contributed by atoms with Gasteiger partial charge in [-0.2, -0.15) is 0 Å². The monoisotopic (exact) mass is 1380 g/mol. The predicted molar refractivity (Wildman–Crippen MR) is 424 cm³/mol. The van der Waals surface area contributed by atoms with E-state index in [1.165, 1.54) is 74.3 Å². The van der Waals surface area contributed by atoms with Gasteiger partial charge in [0.25, 0.3) is 6.74 Å². The van der Waals surface area contributed by atoms with Gasteiger partial charge in [0.05, 0.1) is 56.5 Å². The number of rotatable bonds is 16. The highest BCUT2D eigenvalue weighted by Gasteiger charge is 2.49. The van der Waals surface area contributed by atoms with E-state index in [4.69, 9.17) is 19.9 Å². The summed E-state index contributed by atoms with van der Waals surface area (Å²) in [4.78, 5) is 0. The SMILES string of the molecule is C.ClP(c1ccccc1)c1ccccc1.[Cl-].c1ccc(P(N=P(c2ccccc2)(c2ccccc2)c2ccccc2)c2ccccc2)cc1.c1ccc(P(c2ccccc2)P(=[N+]=P(c2ccccc2)(c2ccccc2)c2ccccc2)(c2ccccc2)c2ccccc2)cc1. The van der Waals surface area contributed by atoms with Crippen LogP contribution in [0.1, 0.15) is 7.43 Å². The lowest BCUT2D eigenvalue weighted by Crippen LogP contribution is -3.00. The molecule has 0 aliphatic rings. The molecule has 468 valence electrons. The molecule has 0 N–H and O–H groups in total. The Bertz CT molecular complexity index is 4350. The van der Waals surface area contributed by atoms with Crippen LogP contribution in [0.25, 0.3) is 0 Å². The molecule has 0 heterocycles. The minimum Gasteiger partial charge on any atom is -1.00 e. The van der Waals surface area contributed by atoms with Crippen LogP contribution in [0.3, 0.4) is 0 Å². The van der Waals surface area contributed by atoms with Crippen LogP contribution < -0.4 is 90.8 Å². The van der Waals surface area contributed by atoms with Crippen LogP contribution in [-0.2, 0) is 0 Å². The minimum atomic E-state index is -2.63. The molecule has 95 heavy (non-hydrogen) atoms. The molecule has 0 aromatic heterocycles. The summed E-state index contributed by atoms with van der Waals surface area (Å²) in [6, 6.07) is 152. The van der Waals surface area contributed by atoms with Crippen LogP contribution >= 0.6 is 55.0 Å². The third kappa shape index (κ3) is 16.2. The summed E-state index contributed by atoms with van der Waals surface area (Å²) in [5, 5.41) is 17.8. The van der Waals surface area contributed by atoms with E-state index in [9.17, 15) is 0 Å². The standard InChI is InChI=1S/C42H35NP3.C30H25NP2.C12H10ClP.CH4.ClH/c1-8-22-36(23-9-1)44(37-24-10-2-11-25-37)46(41-32-18-6-19-33-41,42-34-20-7-21-35-42)43-45(38-26-12-3-13-27-38,39-28-14-4-15-29-39)40-30-16-5-17-31-40;1-6-16-26(17-7-1)32(27-18-8-2-9-19-27)31-33(28-20-10-3-11-21-28,29-22-12-4-13-23-29)30-24-14-5-15-25-30;13-14(11-7-3-1-4-8-11)12-9-5-2-6-10-12;;/h1-35H;1-25H;1-10H;1H4;1H/q+1;;;;/p-1. The lowest BCUT2D eigenvalue weighted by Gasteiger charge is -2.29. The molecular weight excluding hydrogens is 1310 g/mol. The van der Waals surface area contributed by atoms with Gasteiger partial charge < -0.3 is 12.4 Å². The summed E-state index contributed by atoms with van der Waals surface area (Å²) in [6.07, 6.45) is 0. The van der Waals surface area contributed by atoms with Crippen LogP contribution in [0.2, 0.25) is 0 Å². The Kier molecular flexibility index (Phi) is 25.6. The van der Waals surface area contributed by atoms with Crippen LogP contribution in [0.5, 0.6) is 0 Å². The Hall–Kier alpha value is -8.25. The fourth-order valence-electron chi connectivity index (χ4n) is 11.5. The maximum Gasteiger partial charge on any atom is 0.301 e. The second kappa shape index (κ2) is 34.9. The van der Waals surface area contributed by atoms with Crippen molar-refractivity contribution in [2.75, 3.05) is 0 Å². The molecule has 0 unspecified atom stereocenters. The Labute approximate surface area is 578 Å². The smallest absolute Gasteiger partial charge is 0.301 e. The zero-order valence-electron chi connectivity index (χ0n) is 51.7. The zero-order valence-corrected chi connectivity index (χ0v) is 58.6. The van der Waals surface area contributed by atoms with Gasteiger partial charge in [-0.3, -0.25) is 4.52 Å². The molecule has 0 aliphatic carbocycles. The van der Waals surface area contributed by atoms with E-state index in [-0.39, 0.29) is 19.8 Å². The third-order valence-corrected chi connectivity index (χ3v) is 39.6. The zero-order chi connectivity index (χ0) is 63.2. The summed E-state index contributed by atoms with van der Waals surface area (Å²) in [6.45, 7) is -2.63. The number of nitrogens with zero attached hydrogens (tertiary/aromatic N) is 2. The van der Waals surface area contributed by atoms with Crippen molar-refractivity contribution in [3.63, 3.8) is 0 Å². The molecule has 0 atom stereocenters. The summed E-state index contributed by atoms with van der Waals surface area (Å²) >= 11 is 6.40. The Balaban J connectivity index is 0.000000174. The number of benzene rings is 14. The molecule has 0 fully saturated rings. The first-order valence-corrected chi connectivity index (χ1v) is 41.9. The molecule has 14 aromatic rings. The van der Waals surface area contributed by atoms with Gasteiger partial charge in [0.15, 0.2) is 0 Å². The summed E-state index contributed by atoms with van der Waals surface area (Å²) < 4.78 is 12.6. The van der Waals surface area contributed by atoms with Crippen LogP contribution in [0, 0.1) is 0 Å². The second-order valence-corrected chi connectivity index (χ2v) is 39.8. The van der Waals surface area contributed by atoms with Gasteiger partial charge in [-0.1, -0.05) is 383 Å². The molecule has 0 spiro atoms. The molecule has 2 nitrogen and oxygen atoms in total. The second-order valence-electron chi connectivity index (χ2n) is 21.7. The van der Waals surface area contributed by atoms with Crippen molar-refractivity contribution < 1.29 is 12.4 Å². The first kappa shape index (κ1) is 69.6. The third-order valence-electron chi connectivity index (χ3n) is 15.8. The number of halogens is 2. The lowest BCUT2D eigenvalue weighted by molar-refractivity contribution is -0.0000178. The van der Waals surface area contributed by atoms with Crippen molar-refractivity contribution in [3.05, 3.63) is 425 Å². The van der Waals surface area contributed by atoms with E-state index in [1.807, 2.05) is 36.4 Å². The van der Waals surface area contributed by atoms with Gasteiger partial charge in [-0.15, -0.1) is 4.17 Å². The number of hydrogen-bond acceptors (Lipinski definition) is 1. The predicted octanol–water partition coefficient (Wildman–Crippen LogP) is 15.3. The fraction of sp³-hybridized carbons (Fsp3) is 0.0118. The van der Waals surface area contributed by atoms with E-state index in [2.05, 4.69) is 388 Å². The van der Waals surface area contributed by atoms with Gasteiger partial charge in [-0.05, 0) is 81.9 Å². The van der Waals surface area contributed by atoms with E-state index >= 15 is 0 Å². The van der Waals surface area contributed by atoms with Crippen LogP contribution in [-0.4, -0.2) is 0 Å². The van der Waals surface area contributed by atoms with E-state index in [0.29, 0.717) is 0 Å². The summed E-state index contributed by atoms with van der Waals surface area (Å²) in [7, 11) is -7.54. The van der Waals surface area contributed by atoms with Crippen molar-refractivity contribution in [2.24, 2.45) is 4.52 Å². The average molecular weight is 1380 g/mol. The maximum absolute atomic E-state index is 6.69. The summed E-state index contributed by atoms with van der Waals surface area (Å²) in [5.74, 6) is 0. The van der Waals surface area contributed by atoms with Gasteiger partial charge in [0, 0.05) is 26.5 Å². The molecule has 14 rings (SSSR count). The maximum atomic E-state index is 6.69. The molecule has 0 saturated heterocycles. The fourth-order valence-corrected chi connectivity index (χ4v) is 37.6. The van der Waals surface area contributed by atoms with Crippen LogP contribution in [0.15, 0.2) is 429 Å². The normalized spacial score (nSPS) is 11.1. The van der Waals surface area contributed by atoms with Gasteiger partial charge >= 0.3 is 7.05 Å². The van der Waals surface area contributed by atoms with Crippen molar-refractivity contribution in [1.29, 1.82) is 0 Å². The highest BCUT2D eigenvalue weighted by Crippen LogP contribution is 2.73. The van der Waals surface area contributed by atoms with E-state index in [1.54, 1.807) is 0 Å². The van der Waals surface area contributed by atoms with Crippen molar-refractivity contribution in [3.8, 4) is 0 Å². The molecular formula is C85H74Cl2N2P6. The molecule has 0 aliphatic heterocycles. The highest BCUT2D eigenvalue weighted by molar-refractivity contribution is 8.45. The first-order valence-electron chi connectivity index (χ1n) is 31.0.